The van der Waals surface area contributed by atoms with Gasteiger partial charge in [-0.25, -0.2) is 9.78 Å². The number of pyridine rings is 1. The van der Waals surface area contributed by atoms with Crippen LogP contribution in [0.15, 0.2) is 42.6 Å². The summed E-state index contributed by atoms with van der Waals surface area (Å²) in [6.45, 7) is 2.46. The first-order valence-electron chi connectivity index (χ1n) is 5.89. The second-order valence-corrected chi connectivity index (χ2v) is 3.79. The molecule has 0 aliphatic rings. The van der Waals surface area contributed by atoms with Crippen molar-refractivity contribution in [1.29, 1.82) is 0 Å². The third-order valence-electron chi connectivity index (χ3n) is 2.46. The summed E-state index contributed by atoms with van der Waals surface area (Å²) in [6.07, 6.45) is 1.45. The van der Waals surface area contributed by atoms with E-state index in [4.69, 9.17) is 9.84 Å². The molecule has 0 fully saturated rings. The summed E-state index contributed by atoms with van der Waals surface area (Å²) in [7, 11) is 0. The van der Waals surface area contributed by atoms with Crippen molar-refractivity contribution < 1.29 is 14.6 Å². The second kappa shape index (κ2) is 5.86. The summed E-state index contributed by atoms with van der Waals surface area (Å²) in [5.41, 5.74) is 0.936. The Morgan fingerprint density at radius 1 is 1.37 bits per heavy atom. The van der Waals surface area contributed by atoms with Crippen LogP contribution in [0.2, 0.25) is 0 Å². The van der Waals surface area contributed by atoms with Gasteiger partial charge in [-0.05, 0) is 31.2 Å². The van der Waals surface area contributed by atoms with Crippen LogP contribution in [0.3, 0.4) is 0 Å². The van der Waals surface area contributed by atoms with E-state index in [9.17, 15) is 4.79 Å². The van der Waals surface area contributed by atoms with E-state index in [-0.39, 0.29) is 5.56 Å². The van der Waals surface area contributed by atoms with Gasteiger partial charge >= 0.3 is 5.97 Å². The molecule has 0 saturated carbocycles. The molecule has 98 valence electrons. The number of carbonyl (C=O) groups is 1. The molecule has 0 atom stereocenters. The molecule has 0 saturated heterocycles. The number of hydrogen-bond donors (Lipinski definition) is 2. The highest BCUT2D eigenvalue weighted by atomic mass is 16.5. The summed E-state index contributed by atoms with van der Waals surface area (Å²) in [6, 6.07) is 10.4. The van der Waals surface area contributed by atoms with Crippen molar-refractivity contribution in [2.45, 2.75) is 6.92 Å². The van der Waals surface area contributed by atoms with Gasteiger partial charge < -0.3 is 15.2 Å². The molecule has 0 amide bonds. The number of anilines is 2. The zero-order chi connectivity index (χ0) is 13.7. The number of nitrogens with one attached hydrogen (secondary N) is 1. The maximum Gasteiger partial charge on any atom is 0.335 e. The fraction of sp³-hybridized carbons (Fsp3) is 0.143. The monoisotopic (exact) mass is 258 g/mol. The number of benzene rings is 1. The number of rotatable bonds is 5. The lowest BCUT2D eigenvalue weighted by atomic mass is 10.2. The second-order valence-electron chi connectivity index (χ2n) is 3.79. The van der Waals surface area contributed by atoms with Gasteiger partial charge in [-0.3, -0.25) is 0 Å². The number of aromatic carboxylic acids is 1. The Balaban J connectivity index is 2.26. The Kier molecular flexibility index (Phi) is 3.97. The average molecular weight is 258 g/mol. The van der Waals surface area contributed by atoms with Crippen LogP contribution in [0.5, 0.6) is 5.75 Å². The number of carboxylic acid groups (broad SMARTS) is 1. The smallest absolute Gasteiger partial charge is 0.335 e. The first-order valence-corrected chi connectivity index (χ1v) is 5.89. The SMILES string of the molecule is CCOc1ccccc1Nc1cc(C(=O)O)ccn1. The maximum atomic E-state index is 10.9. The Hall–Kier alpha value is -2.56. The van der Waals surface area contributed by atoms with Crippen LogP contribution in [0.1, 0.15) is 17.3 Å². The van der Waals surface area contributed by atoms with Crippen molar-refractivity contribution >= 4 is 17.5 Å². The first-order chi connectivity index (χ1) is 9.20. The van der Waals surface area contributed by atoms with Crippen molar-refractivity contribution in [3.63, 3.8) is 0 Å². The molecule has 2 aromatic rings. The average Bonchev–Trinajstić information content (AvgIpc) is 2.41. The number of para-hydroxylation sites is 2. The van der Waals surface area contributed by atoms with Crippen LogP contribution in [0, 0.1) is 0 Å². The van der Waals surface area contributed by atoms with Gasteiger partial charge in [0.05, 0.1) is 17.9 Å². The third-order valence-corrected chi connectivity index (χ3v) is 2.46. The molecule has 0 unspecified atom stereocenters. The van der Waals surface area contributed by atoms with Gasteiger partial charge in [-0.2, -0.15) is 0 Å². The van der Waals surface area contributed by atoms with Crippen molar-refractivity contribution in [1.82, 2.24) is 4.98 Å². The quantitative estimate of drug-likeness (QED) is 0.862. The van der Waals surface area contributed by atoms with Crippen molar-refractivity contribution in [2.75, 3.05) is 11.9 Å². The zero-order valence-electron chi connectivity index (χ0n) is 10.5. The zero-order valence-corrected chi connectivity index (χ0v) is 10.5. The molecule has 2 rings (SSSR count). The van der Waals surface area contributed by atoms with E-state index in [1.807, 2.05) is 31.2 Å². The fourth-order valence-electron chi connectivity index (χ4n) is 1.62. The molecule has 1 aromatic carbocycles. The Bertz CT molecular complexity index is 584. The van der Waals surface area contributed by atoms with Gasteiger partial charge in [-0.1, -0.05) is 12.1 Å². The van der Waals surface area contributed by atoms with Gasteiger partial charge in [0.25, 0.3) is 0 Å². The minimum Gasteiger partial charge on any atom is -0.492 e. The molecule has 2 N–H and O–H groups in total. The molecule has 0 aliphatic carbocycles. The maximum absolute atomic E-state index is 10.9. The summed E-state index contributed by atoms with van der Waals surface area (Å²) in [5, 5.41) is 12.0. The van der Waals surface area contributed by atoms with Crippen LogP contribution in [-0.4, -0.2) is 22.7 Å². The van der Waals surface area contributed by atoms with Crippen molar-refractivity contribution in [3.05, 3.63) is 48.2 Å². The molecular formula is C14H14N2O3. The largest absolute Gasteiger partial charge is 0.492 e. The molecular weight excluding hydrogens is 244 g/mol. The van der Waals surface area contributed by atoms with Crippen molar-refractivity contribution in [3.8, 4) is 5.75 Å². The summed E-state index contributed by atoms with van der Waals surface area (Å²) >= 11 is 0. The number of nitrogens with zero attached hydrogens (tertiary/aromatic N) is 1. The lowest BCUT2D eigenvalue weighted by Gasteiger charge is -2.11. The van der Waals surface area contributed by atoms with E-state index < -0.39 is 5.97 Å². The van der Waals surface area contributed by atoms with Crippen LogP contribution < -0.4 is 10.1 Å². The molecule has 1 heterocycles. The highest BCUT2D eigenvalue weighted by Crippen LogP contribution is 2.26. The van der Waals surface area contributed by atoms with E-state index in [2.05, 4.69) is 10.3 Å². The summed E-state index contributed by atoms with van der Waals surface area (Å²) < 4.78 is 5.48. The molecule has 0 spiro atoms. The Morgan fingerprint density at radius 2 is 2.16 bits per heavy atom. The molecule has 19 heavy (non-hydrogen) atoms. The fourth-order valence-corrected chi connectivity index (χ4v) is 1.62. The lowest BCUT2D eigenvalue weighted by Crippen LogP contribution is -2.01. The topological polar surface area (TPSA) is 71.5 Å². The minimum absolute atomic E-state index is 0.186. The van der Waals surface area contributed by atoms with Gasteiger partial charge in [-0.15, -0.1) is 0 Å². The first kappa shape index (κ1) is 12.9. The van der Waals surface area contributed by atoms with E-state index in [1.165, 1.54) is 18.3 Å². The van der Waals surface area contributed by atoms with Crippen LogP contribution >= 0.6 is 0 Å². The third kappa shape index (κ3) is 3.22. The number of hydrogen-bond acceptors (Lipinski definition) is 4. The molecule has 0 radical (unpaired) electrons. The molecule has 1 aromatic heterocycles. The normalized spacial score (nSPS) is 9.95. The predicted molar refractivity (Wildman–Crippen MR) is 72.1 cm³/mol. The van der Waals surface area contributed by atoms with Crippen LogP contribution in [0.25, 0.3) is 0 Å². The van der Waals surface area contributed by atoms with E-state index in [1.54, 1.807) is 0 Å². The van der Waals surface area contributed by atoms with Gasteiger partial charge in [0.15, 0.2) is 0 Å². The molecule has 0 bridgehead atoms. The number of aromatic nitrogens is 1. The van der Waals surface area contributed by atoms with E-state index in [0.717, 1.165) is 5.69 Å². The molecule has 0 aliphatic heterocycles. The standard InChI is InChI=1S/C14H14N2O3/c1-2-19-12-6-4-3-5-11(12)16-13-9-10(14(17)18)7-8-15-13/h3-9H,2H2,1H3,(H,15,16)(H,17,18). The minimum atomic E-state index is -0.983. The number of ether oxygens (including phenoxy) is 1. The predicted octanol–water partition coefficient (Wildman–Crippen LogP) is 2.92. The van der Waals surface area contributed by atoms with Gasteiger partial charge in [0, 0.05) is 6.20 Å². The van der Waals surface area contributed by atoms with Crippen molar-refractivity contribution in [2.24, 2.45) is 0 Å². The van der Waals surface area contributed by atoms with Gasteiger partial charge in [0.2, 0.25) is 0 Å². The van der Waals surface area contributed by atoms with E-state index in [0.29, 0.717) is 18.2 Å². The Labute approximate surface area is 110 Å². The highest BCUT2D eigenvalue weighted by Gasteiger charge is 2.06. The highest BCUT2D eigenvalue weighted by molar-refractivity contribution is 5.88. The number of carboxylic acids is 1. The molecule has 5 nitrogen and oxygen atoms in total. The summed E-state index contributed by atoms with van der Waals surface area (Å²) in [4.78, 5) is 15.0. The Morgan fingerprint density at radius 3 is 2.89 bits per heavy atom. The molecule has 5 heteroatoms. The summed E-state index contributed by atoms with van der Waals surface area (Å²) in [5.74, 6) is 0.183. The van der Waals surface area contributed by atoms with Crippen LogP contribution in [0.4, 0.5) is 11.5 Å². The lowest BCUT2D eigenvalue weighted by molar-refractivity contribution is 0.0697. The van der Waals surface area contributed by atoms with Crippen LogP contribution in [-0.2, 0) is 0 Å². The van der Waals surface area contributed by atoms with Gasteiger partial charge in [0.1, 0.15) is 11.6 Å². The van der Waals surface area contributed by atoms with E-state index >= 15 is 0 Å².